The number of para-hydroxylation sites is 1. The van der Waals surface area contributed by atoms with Crippen molar-refractivity contribution in [3.8, 4) is 0 Å². The lowest BCUT2D eigenvalue weighted by Gasteiger charge is -2.22. The molecule has 0 aliphatic carbocycles. The number of thioether (sulfide) groups is 1. The quantitative estimate of drug-likeness (QED) is 0.883. The fourth-order valence-electron chi connectivity index (χ4n) is 2.33. The predicted molar refractivity (Wildman–Crippen MR) is 98.6 cm³/mol. The Labute approximate surface area is 146 Å². The highest BCUT2D eigenvalue weighted by Crippen LogP contribution is 2.17. The number of carbonyl (C=O) groups excluding carboxylic acids is 1. The van der Waals surface area contributed by atoms with E-state index in [2.05, 4.69) is 15.6 Å². The molecule has 22 heavy (non-hydrogen) atoms. The summed E-state index contributed by atoms with van der Waals surface area (Å²) in [5.41, 5.74) is 1.70. The molecule has 2 heterocycles. The van der Waals surface area contributed by atoms with Crippen LogP contribution in [0, 0.1) is 0 Å². The van der Waals surface area contributed by atoms with Crippen molar-refractivity contribution < 1.29 is 4.79 Å². The van der Waals surface area contributed by atoms with E-state index in [1.165, 1.54) is 0 Å². The minimum atomic E-state index is 0. The zero-order valence-corrected chi connectivity index (χ0v) is 14.4. The minimum absolute atomic E-state index is 0. The number of nitrogens with one attached hydrogen (secondary N) is 2. The van der Waals surface area contributed by atoms with Gasteiger partial charge in [-0.1, -0.05) is 18.2 Å². The largest absolute Gasteiger partial charge is 0.325 e. The van der Waals surface area contributed by atoms with Crippen molar-refractivity contribution in [3.05, 3.63) is 36.5 Å². The SMILES string of the molecule is Cl.Cl.O=C(CC1CSCCN1)Nc1cnc2ccccc2c1. The van der Waals surface area contributed by atoms with Crippen LogP contribution in [0.25, 0.3) is 10.9 Å². The number of amides is 1. The van der Waals surface area contributed by atoms with E-state index >= 15 is 0 Å². The molecule has 1 atom stereocenters. The van der Waals surface area contributed by atoms with Crippen LogP contribution in [0.5, 0.6) is 0 Å². The van der Waals surface area contributed by atoms with Crippen LogP contribution in [-0.2, 0) is 4.79 Å². The van der Waals surface area contributed by atoms with Gasteiger partial charge in [0.15, 0.2) is 0 Å². The standard InChI is InChI=1S/C15H17N3OS.2ClH/c19-15(8-13-10-20-6-5-16-13)18-12-7-11-3-1-2-4-14(11)17-9-12;;/h1-4,7,9,13,16H,5-6,8,10H2,(H,18,19);2*1H. The maximum Gasteiger partial charge on any atom is 0.226 e. The predicted octanol–water partition coefficient (Wildman–Crippen LogP) is 3.11. The summed E-state index contributed by atoms with van der Waals surface area (Å²) in [4.78, 5) is 16.4. The molecule has 2 N–H and O–H groups in total. The molecule has 2 aromatic rings. The Bertz CT molecular complexity index is 621. The fourth-order valence-corrected chi connectivity index (χ4v) is 3.28. The molecule has 1 amide bonds. The summed E-state index contributed by atoms with van der Waals surface area (Å²) in [6.07, 6.45) is 2.23. The number of rotatable bonds is 3. The van der Waals surface area contributed by atoms with Gasteiger partial charge < -0.3 is 10.6 Å². The van der Waals surface area contributed by atoms with Gasteiger partial charge in [-0.3, -0.25) is 9.78 Å². The summed E-state index contributed by atoms with van der Waals surface area (Å²) in [5, 5.41) is 7.34. The van der Waals surface area contributed by atoms with Gasteiger partial charge in [0.25, 0.3) is 0 Å². The summed E-state index contributed by atoms with van der Waals surface area (Å²) in [6.45, 7) is 0.986. The van der Waals surface area contributed by atoms with Crippen LogP contribution in [0.4, 0.5) is 5.69 Å². The molecule has 0 radical (unpaired) electrons. The molecule has 0 saturated carbocycles. The van der Waals surface area contributed by atoms with Gasteiger partial charge in [-0.25, -0.2) is 0 Å². The molecule has 1 aromatic heterocycles. The van der Waals surface area contributed by atoms with Crippen LogP contribution in [0.1, 0.15) is 6.42 Å². The van der Waals surface area contributed by atoms with E-state index in [-0.39, 0.29) is 36.8 Å². The lowest BCUT2D eigenvalue weighted by atomic mass is 10.2. The second kappa shape index (κ2) is 9.20. The number of aromatic nitrogens is 1. The van der Waals surface area contributed by atoms with Crippen molar-refractivity contribution in [2.24, 2.45) is 0 Å². The molecule has 1 fully saturated rings. The Kier molecular flexibility index (Phi) is 7.96. The highest BCUT2D eigenvalue weighted by molar-refractivity contribution is 7.99. The first kappa shape index (κ1) is 19.0. The van der Waals surface area contributed by atoms with E-state index < -0.39 is 0 Å². The highest BCUT2D eigenvalue weighted by Gasteiger charge is 2.16. The lowest BCUT2D eigenvalue weighted by molar-refractivity contribution is -0.116. The molecule has 1 aliphatic rings. The zero-order chi connectivity index (χ0) is 13.8. The number of benzene rings is 1. The van der Waals surface area contributed by atoms with Gasteiger partial charge in [-0.2, -0.15) is 11.8 Å². The number of halogens is 2. The Hall–Kier alpha value is -1.01. The summed E-state index contributed by atoms with van der Waals surface area (Å²) in [7, 11) is 0. The van der Waals surface area contributed by atoms with Gasteiger partial charge in [0.2, 0.25) is 5.91 Å². The van der Waals surface area contributed by atoms with E-state index in [4.69, 9.17) is 0 Å². The lowest BCUT2D eigenvalue weighted by Crippen LogP contribution is -2.39. The van der Waals surface area contributed by atoms with Crippen molar-refractivity contribution in [2.75, 3.05) is 23.4 Å². The van der Waals surface area contributed by atoms with Crippen molar-refractivity contribution >= 4 is 59.1 Å². The number of anilines is 1. The second-order valence-corrected chi connectivity index (χ2v) is 6.04. The van der Waals surface area contributed by atoms with Crippen LogP contribution in [0.2, 0.25) is 0 Å². The van der Waals surface area contributed by atoms with Crippen LogP contribution < -0.4 is 10.6 Å². The fraction of sp³-hybridized carbons (Fsp3) is 0.333. The van der Waals surface area contributed by atoms with Crippen LogP contribution in [0.15, 0.2) is 36.5 Å². The number of hydrogen-bond donors (Lipinski definition) is 2. The molecule has 1 unspecified atom stereocenters. The maximum atomic E-state index is 12.0. The smallest absolute Gasteiger partial charge is 0.226 e. The Morgan fingerprint density at radius 2 is 2.18 bits per heavy atom. The summed E-state index contributed by atoms with van der Waals surface area (Å²) >= 11 is 1.90. The topological polar surface area (TPSA) is 54.0 Å². The van der Waals surface area contributed by atoms with Crippen molar-refractivity contribution in [3.63, 3.8) is 0 Å². The third-order valence-electron chi connectivity index (χ3n) is 3.30. The first-order valence-electron chi connectivity index (χ1n) is 6.77. The van der Waals surface area contributed by atoms with E-state index in [1.807, 2.05) is 42.1 Å². The molecule has 0 spiro atoms. The molecular weight excluding hydrogens is 341 g/mol. The molecule has 0 bridgehead atoms. The van der Waals surface area contributed by atoms with Crippen molar-refractivity contribution in [1.29, 1.82) is 0 Å². The van der Waals surface area contributed by atoms with Gasteiger partial charge in [-0.15, -0.1) is 24.8 Å². The normalized spacial score (nSPS) is 17.2. The number of carbonyl (C=O) groups is 1. The zero-order valence-electron chi connectivity index (χ0n) is 12.0. The molecular formula is C15H19Cl2N3OS. The van der Waals surface area contributed by atoms with Gasteiger partial charge in [0, 0.05) is 35.9 Å². The molecule has 1 aliphatic heterocycles. The first-order chi connectivity index (χ1) is 9.81. The first-order valence-corrected chi connectivity index (χ1v) is 7.92. The molecule has 1 saturated heterocycles. The average molecular weight is 360 g/mol. The van der Waals surface area contributed by atoms with Crippen molar-refractivity contribution in [1.82, 2.24) is 10.3 Å². The number of hydrogen-bond acceptors (Lipinski definition) is 4. The number of pyridine rings is 1. The minimum Gasteiger partial charge on any atom is -0.325 e. The van der Waals surface area contributed by atoms with E-state index in [1.54, 1.807) is 6.20 Å². The Balaban J connectivity index is 0.00000121. The third-order valence-corrected chi connectivity index (χ3v) is 4.44. The van der Waals surface area contributed by atoms with Crippen LogP contribution in [0.3, 0.4) is 0 Å². The summed E-state index contributed by atoms with van der Waals surface area (Å²) in [5.74, 6) is 2.18. The van der Waals surface area contributed by atoms with Crippen molar-refractivity contribution in [2.45, 2.75) is 12.5 Å². The number of nitrogens with zero attached hydrogens (tertiary/aromatic N) is 1. The highest BCUT2D eigenvalue weighted by atomic mass is 35.5. The molecule has 3 rings (SSSR count). The Morgan fingerprint density at radius 3 is 2.95 bits per heavy atom. The summed E-state index contributed by atoms with van der Waals surface area (Å²) in [6, 6.07) is 10.1. The van der Waals surface area contributed by atoms with Crippen LogP contribution in [-0.4, -0.2) is 35.0 Å². The summed E-state index contributed by atoms with van der Waals surface area (Å²) < 4.78 is 0. The molecule has 7 heteroatoms. The van der Waals surface area contributed by atoms with Crippen LogP contribution >= 0.6 is 36.6 Å². The van der Waals surface area contributed by atoms with Gasteiger partial charge in [0.05, 0.1) is 17.4 Å². The molecule has 4 nitrogen and oxygen atoms in total. The number of fused-ring (bicyclic) bond motifs is 1. The average Bonchev–Trinajstić information content (AvgIpc) is 2.48. The third kappa shape index (κ3) is 5.02. The Morgan fingerprint density at radius 1 is 1.36 bits per heavy atom. The van der Waals surface area contributed by atoms with Gasteiger partial charge in [0.1, 0.15) is 0 Å². The maximum absolute atomic E-state index is 12.0. The van der Waals surface area contributed by atoms with Gasteiger partial charge >= 0.3 is 0 Å². The van der Waals surface area contributed by atoms with E-state index in [9.17, 15) is 4.79 Å². The molecule has 1 aromatic carbocycles. The van der Waals surface area contributed by atoms with Gasteiger partial charge in [-0.05, 0) is 12.1 Å². The monoisotopic (exact) mass is 359 g/mol. The molecule has 120 valence electrons. The van der Waals surface area contributed by atoms with E-state index in [0.29, 0.717) is 6.42 Å². The van der Waals surface area contributed by atoms with E-state index in [0.717, 1.165) is 34.6 Å². The second-order valence-electron chi connectivity index (χ2n) is 4.89.